The van der Waals surface area contributed by atoms with Crippen molar-refractivity contribution in [3.8, 4) is 11.1 Å². The summed E-state index contributed by atoms with van der Waals surface area (Å²) in [6.07, 6.45) is 4.28. The first-order chi connectivity index (χ1) is 31.3. The van der Waals surface area contributed by atoms with Crippen LogP contribution in [0.4, 0.5) is 9.59 Å². The van der Waals surface area contributed by atoms with Crippen LogP contribution in [0.3, 0.4) is 0 Å². The highest BCUT2D eigenvalue weighted by Crippen LogP contribution is 2.57. The summed E-state index contributed by atoms with van der Waals surface area (Å²) < 4.78 is 20.9. The molecule has 7 rings (SSSR count). The van der Waals surface area contributed by atoms with Crippen LogP contribution >= 0.6 is 0 Å². The van der Waals surface area contributed by atoms with Crippen LogP contribution in [-0.2, 0) is 42.9 Å². The van der Waals surface area contributed by atoms with Gasteiger partial charge in [0, 0.05) is 23.5 Å². The van der Waals surface area contributed by atoms with Gasteiger partial charge in [0.15, 0.2) is 0 Å². The molecule has 0 heterocycles. The van der Waals surface area contributed by atoms with Crippen molar-refractivity contribution in [3.05, 3.63) is 59.7 Å². The number of benzene rings is 2. The van der Waals surface area contributed by atoms with Crippen LogP contribution in [0.5, 0.6) is 0 Å². The van der Waals surface area contributed by atoms with Crippen molar-refractivity contribution in [3.63, 3.8) is 0 Å². The molecule has 0 spiro atoms. The fraction of sp³-hybridized carbons (Fsp3) is 0.612. The largest absolute Gasteiger partial charge is 0.469 e. The predicted molar refractivity (Wildman–Crippen MR) is 244 cm³/mol. The van der Waals surface area contributed by atoms with E-state index in [9.17, 15) is 33.6 Å². The Morgan fingerprint density at radius 2 is 1.36 bits per heavy atom. The van der Waals surface area contributed by atoms with E-state index in [0.29, 0.717) is 25.8 Å². The lowest BCUT2D eigenvalue weighted by atomic mass is 9.49. The van der Waals surface area contributed by atoms with E-state index in [1.165, 1.54) is 14.2 Å². The number of ether oxygens (including phenoxy) is 4. The number of nitrogens with one attached hydrogen (secondary N) is 6. The monoisotopic (exact) mass is 916 g/mol. The number of methoxy groups -OCH3 is 2. The second kappa shape index (κ2) is 21.3. The molecule has 5 aliphatic carbocycles. The summed E-state index contributed by atoms with van der Waals surface area (Å²) in [7, 11) is 2.39. The van der Waals surface area contributed by atoms with Crippen molar-refractivity contribution >= 4 is 41.8 Å². The molecule has 0 radical (unpaired) electrons. The predicted octanol–water partition coefficient (Wildman–Crippen LogP) is 4.75. The number of carbonyl (C=O) groups is 7. The summed E-state index contributed by atoms with van der Waals surface area (Å²) in [4.78, 5) is 91.9. The molecular weight excluding hydrogens is 849 g/mol. The maximum absolute atomic E-state index is 14.5. The first-order valence-corrected chi connectivity index (χ1v) is 23.2. The first kappa shape index (κ1) is 49.7. The number of fused-ring (bicyclic) bond motifs is 3. The maximum atomic E-state index is 14.5. The van der Waals surface area contributed by atoms with Gasteiger partial charge in [-0.15, -0.1) is 0 Å². The van der Waals surface area contributed by atoms with E-state index < -0.39 is 77.2 Å². The average molecular weight is 917 g/mol. The minimum absolute atomic E-state index is 0.0864. The van der Waals surface area contributed by atoms with Gasteiger partial charge in [-0.3, -0.25) is 19.2 Å². The van der Waals surface area contributed by atoms with Crippen LogP contribution in [0.25, 0.3) is 11.1 Å². The van der Waals surface area contributed by atoms with E-state index in [1.54, 1.807) is 34.6 Å². The summed E-state index contributed by atoms with van der Waals surface area (Å²) in [5, 5.41) is 17.8. The van der Waals surface area contributed by atoms with Crippen LogP contribution in [-0.4, -0.2) is 111 Å². The standard InChI is InChI=1S/C49H68N6O11/c1-29(2)41(44(60)64-7)54-42(58)38(21-40(57)63-6)52-39(56)26-51-48-22-30-20-31(23-48)25-49(24-30,28-48)55-43(59)37(18-12-13-19-50-45(61)66-47(3,4)5)53-46(62)65-27-36-34-16-10-8-14-32(34)33-15-9-11-17-35(33)36/h8-11,14-17,29-31,36-38,41,51H,12-13,18-28H2,1-7H3,(H,50,61)(H,52,56)(H,53,62)(H,54,58)(H,55,59)/t30-,31+,37-,38-,41-,48?,49?/m0/s1. The van der Waals surface area contributed by atoms with Gasteiger partial charge in [0.2, 0.25) is 17.7 Å². The molecule has 17 nitrogen and oxygen atoms in total. The molecule has 2 unspecified atom stereocenters. The number of unbranched alkanes of at least 4 members (excludes halogenated alkanes) is 1. The SMILES string of the molecule is COC(=O)C[C@H](NC(=O)CNC12C[C@H]3C[C@@H](C1)CC(NC(=O)[C@H](CCCCNC(=O)OC(C)(C)C)NC(=O)OCC1c4ccccc4-c4ccccc41)(C3)C2)C(=O)N[C@H](C(=O)OC)C(C)C. The van der Waals surface area contributed by atoms with Crippen LogP contribution < -0.4 is 31.9 Å². The molecule has 2 aromatic rings. The summed E-state index contributed by atoms with van der Waals surface area (Å²) in [5.74, 6) is -2.89. The minimum atomic E-state index is -1.31. The van der Waals surface area contributed by atoms with Crippen molar-refractivity contribution in [1.29, 1.82) is 0 Å². The number of carbonyl (C=O) groups excluding carboxylic acids is 7. The lowest BCUT2D eigenvalue weighted by molar-refractivity contribution is -0.147. The van der Waals surface area contributed by atoms with Gasteiger partial charge in [-0.1, -0.05) is 62.4 Å². The van der Waals surface area contributed by atoms with Crippen LogP contribution in [0.15, 0.2) is 48.5 Å². The Morgan fingerprint density at radius 3 is 1.95 bits per heavy atom. The zero-order chi connectivity index (χ0) is 47.8. The molecule has 0 saturated heterocycles. The number of rotatable bonds is 20. The molecule has 7 atom stereocenters. The molecule has 0 aliphatic heterocycles. The number of alkyl carbamates (subject to hydrolysis) is 2. The van der Waals surface area contributed by atoms with Crippen molar-refractivity contribution in [2.24, 2.45) is 17.8 Å². The van der Waals surface area contributed by atoms with Crippen molar-refractivity contribution in [2.45, 2.75) is 140 Å². The first-order valence-electron chi connectivity index (χ1n) is 23.2. The number of esters is 2. The van der Waals surface area contributed by atoms with Gasteiger partial charge >= 0.3 is 24.1 Å². The summed E-state index contributed by atoms with van der Waals surface area (Å²) in [5.41, 5.74) is 2.61. The van der Waals surface area contributed by atoms with Crippen molar-refractivity contribution in [2.75, 3.05) is 33.9 Å². The van der Waals surface area contributed by atoms with Gasteiger partial charge in [0.1, 0.15) is 30.3 Å². The molecule has 4 saturated carbocycles. The molecule has 4 fully saturated rings. The Morgan fingerprint density at radius 1 is 0.742 bits per heavy atom. The molecule has 6 N–H and O–H groups in total. The van der Waals surface area contributed by atoms with E-state index in [0.717, 1.165) is 54.4 Å². The van der Waals surface area contributed by atoms with Gasteiger partial charge in [0.05, 0.1) is 27.2 Å². The zero-order valence-electron chi connectivity index (χ0n) is 39.3. The number of hydrogen-bond donors (Lipinski definition) is 6. The smallest absolute Gasteiger partial charge is 0.407 e. The van der Waals surface area contributed by atoms with Crippen LogP contribution in [0, 0.1) is 17.8 Å². The van der Waals surface area contributed by atoms with Crippen molar-refractivity contribution < 1.29 is 52.5 Å². The van der Waals surface area contributed by atoms with Gasteiger partial charge in [-0.05, 0) is 119 Å². The highest BCUT2D eigenvalue weighted by Gasteiger charge is 2.58. The topological polar surface area (TPSA) is 229 Å². The van der Waals surface area contributed by atoms with Crippen molar-refractivity contribution in [1.82, 2.24) is 31.9 Å². The van der Waals surface area contributed by atoms with E-state index in [4.69, 9.17) is 18.9 Å². The molecule has 0 aromatic heterocycles. The highest BCUT2D eigenvalue weighted by molar-refractivity contribution is 5.94. The lowest BCUT2D eigenvalue weighted by Gasteiger charge is -2.62. The second-order valence-corrected chi connectivity index (χ2v) is 20.0. The Balaban J connectivity index is 1.10. The van der Waals surface area contributed by atoms with E-state index in [1.807, 2.05) is 36.4 Å². The van der Waals surface area contributed by atoms with Gasteiger partial charge in [-0.25, -0.2) is 14.4 Å². The van der Waals surface area contributed by atoms with Crippen LogP contribution in [0.2, 0.25) is 0 Å². The van der Waals surface area contributed by atoms with E-state index >= 15 is 0 Å². The third kappa shape index (κ3) is 12.6. The summed E-state index contributed by atoms with van der Waals surface area (Å²) >= 11 is 0. The molecular formula is C49H68N6O11. The molecule has 2 aromatic carbocycles. The van der Waals surface area contributed by atoms with Gasteiger partial charge in [0.25, 0.3) is 0 Å². The Labute approximate surface area is 387 Å². The quantitative estimate of drug-likeness (QED) is 0.0601. The highest BCUT2D eigenvalue weighted by atomic mass is 16.6. The summed E-state index contributed by atoms with van der Waals surface area (Å²) in [6.45, 7) is 9.07. The van der Waals surface area contributed by atoms with Crippen LogP contribution in [0.1, 0.15) is 116 Å². The fourth-order valence-corrected chi connectivity index (χ4v) is 10.8. The molecule has 5 aliphatic rings. The molecule has 66 heavy (non-hydrogen) atoms. The fourth-order valence-electron chi connectivity index (χ4n) is 10.8. The Hall–Kier alpha value is -5.71. The third-order valence-electron chi connectivity index (χ3n) is 13.3. The van der Waals surface area contributed by atoms with Gasteiger partial charge in [-0.2, -0.15) is 0 Å². The summed E-state index contributed by atoms with van der Waals surface area (Å²) in [6, 6.07) is 12.9. The second-order valence-electron chi connectivity index (χ2n) is 20.0. The molecule has 5 amide bonds. The maximum Gasteiger partial charge on any atom is 0.407 e. The van der Waals surface area contributed by atoms with Gasteiger partial charge < -0.3 is 50.8 Å². The van der Waals surface area contributed by atoms with E-state index in [2.05, 4.69) is 44.0 Å². The molecule has 4 bridgehead atoms. The average Bonchev–Trinajstić information content (AvgIpc) is 3.57. The minimum Gasteiger partial charge on any atom is -0.469 e. The molecule has 360 valence electrons. The third-order valence-corrected chi connectivity index (χ3v) is 13.3. The molecule has 17 heteroatoms. The normalized spacial score (nSPS) is 22.7. The van der Waals surface area contributed by atoms with E-state index in [-0.39, 0.29) is 49.2 Å². The zero-order valence-corrected chi connectivity index (χ0v) is 39.3. The lowest BCUT2D eigenvalue weighted by Crippen LogP contribution is -2.70. The number of amides is 5. The Kier molecular flexibility index (Phi) is 16.0. The number of hydrogen-bond acceptors (Lipinski definition) is 12. The Bertz CT molecular complexity index is 2060.